The minimum Gasteiger partial charge on any atom is -0.379 e. The summed E-state index contributed by atoms with van der Waals surface area (Å²) < 4.78 is 5.15. The molecule has 1 rings (SSSR count). The van der Waals surface area contributed by atoms with Crippen LogP contribution in [-0.2, 0) is 4.74 Å². The van der Waals surface area contributed by atoms with E-state index in [0.29, 0.717) is 0 Å². The molecule has 0 saturated carbocycles. The molecule has 1 fully saturated rings. The Morgan fingerprint density at radius 3 is 3.11 bits per heavy atom. The maximum Gasteiger partial charge on any atom is 0.0836 e. The summed E-state index contributed by atoms with van der Waals surface area (Å²) in [5.74, 6) is 0. The van der Waals surface area contributed by atoms with Gasteiger partial charge in [-0.25, -0.2) is 4.99 Å². The van der Waals surface area contributed by atoms with Gasteiger partial charge in [-0.1, -0.05) is 0 Å². The highest BCUT2D eigenvalue weighted by Crippen LogP contribution is 2.08. The van der Waals surface area contributed by atoms with Crippen molar-refractivity contribution in [2.75, 3.05) is 13.2 Å². The number of hydrogen-bond acceptors (Lipinski definition) is 3. The summed E-state index contributed by atoms with van der Waals surface area (Å²) >= 11 is 4.46. The maximum atomic E-state index is 5.15. The Hall–Kier alpha value is -0.240. The molecule has 0 radical (unpaired) electrons. The van der Waals surface area contributed by atoms with Crippen molar-refractivity contribution in [1.82, 2.24) is 0 Å². The van der Waals surface area contributed by atoms with Crippen molar-refractivity contribution in [3.05, 3.63) is 0 Å². The topological polar surface area (TPSA) is 21.6 Å². The van der Waals surface area contributed by atoms with Crippen LogP contribution in [0.15, 0.2) is 4.99 Å². The fraction of sp³-hybridized carbons (Fsp3) is 0.833. The van der Waals surface area contributed by atoms with E-state index < -0.39 is 0 Å². The van der Waals surface area contributed by atoms with E-state index in [1.807, 2.05) is 0 Å². The predicted octanol–water partition coefficient (Wildman–Crippen LogP) is 1.27. The normalized spacial score (nSPS) is 26.9. The largest absolute Gasteiger partial charge is 0.379 e. The summed E-state index contributed by atoms with van der Waals surface area (Å²) in [5, 5.41) is 2.37. The van der Waals surface area contributed by atoms with Crippen LogP contribution >= 0.6 is 12.2 Å². The first-order valence-electron chi connectivity index (χ1n) is 3.08. The Labute approximate surface area is 59.9 Å². The average Bonchev–Trinajstić information content (AvgIpc) is 1.91. The zero-order chi connectivity index (χ0) is 6.53. The highest BCUT2D eigenvalue weighted by molar-refractivity contribution is 7.78. The maximum absolute atomic E-state index is 5.15. The fourth-order valence-electron chi connectivity index (χ4n) is 0.900. The lowest BCUT2D eigenvalue weighted by molar-refractivity contribution is 0.0831. The molecule has 0 spiro atoms. The van der Waals surface area contributed by atoms with Crippen LogP contribution in [-0.4, -0.2) is 24.4 Å². The van der Waals surface area contributed by atoms with Crippen molar-refractivity contribution in [3.63, 3.8) is 0 Å². The molecule has 0 aromatic carbocycles. The summed E-state index contributed by atoms with van der Waals surface area (Å²) in [6.07, 6.45) is 2.20. The van der Waals surface area contributed by atoms with Gasteiger partial charge in [0.25, 0.3) is 0 Å². The van der Waals surface area contributed by atoms with Gasteiger partial charge in [-0.3, -0.25) is 0 Å². The molecule has 0 bridgehead atoms. The van der Waals surface area contributed by atoms with Crippen molar-refractivity contribution in [2.45, 2.75) is 18.9 Å². The summed E-state index contributed by atoms with van der Waals surface area (Å²) in [4.78, 5) is 3.92. The monoisotopic (exact) mass is 143 g/mol. The van der Waals surface area contributed by atoms with E-state index in [1.165, 1.54) is 0 Å². The van der Waals surface area contributed by atoms with E-state index in [2.05, 4.69) is 22.4 Å². The molecule has 50 valence electrons. The molecule has 3 heteroatoms. The van der Waals surface area contributed by atoms with Gasteiger partial charge in [0.2, 0.25) is 0 Å². The van der Waals surface area contributed by atoms with Gasteiger partial charge in [0.05, 0.1) is 17.8 Å². The third-order valence-electron chi connectivity index (χ3n) is 1.37. The SMILES string of the molecule is S=C=NC1CCCOC1. The number of ether oxygens (including phenoxy) is 1. The quantitative estimate of drug-likeness (QED) is 0.407. The van der Waals surface area contributed by atoms with E-state index in [0.717, 1.165) is 26.1 Å². The van der Waals surface area contributed by atoms with Crippen LogP contribution in [0.3, 0.4) is 0 Å². The Morgan fingerprint density at radius 2 is 2.56 bits per heavy atom. The highest BCUT2D eigenvalue weighted by atomic mass is 32.1. The lowest BCUT2D eigenvalue weighted by Crippen LogP contribution is -2.19. The molecule has 1 atom stereocenters. The van der Waals surface area contributed by atoms with E-state index in [1.54, 1.807) is 0 Å². The minimum atomic E-state index is 0.288. The van der Waals surface area contributed by atoms with Gasteiger partial charge in [-0.15, -0.1) is 0 Å². The number of hydrogen-bond donors (Lipinski definition) is 0. The van der Waals surface area contributed by atoms with Gasteiger partial charge in [0, 0.05) is 6.61 Å². The Bertz CT molecular complexity index is 125. The summed E-state index contributed by atoms with van der Waals surface area (Å²) in [7, 11) is 0. The third kappa shape index (κ3) is 2.22. The summed E-state index contributed by atoms with van der Waals surface area (Å²) in [6, 6.07) is 0.288. The molecule has 1 saturated heterocycles. The number of isothiocyanates is 1. The third-order valence-corrected chi connectivity index (χ3v) is 1.48. The first-order valence-corrected chi connectivity index (χ1v) is 3.49. The van der Waals surface area contributed by atoms with Crippen LogP contribution in [0.25, 0.3) is 0 Å². The molecule has 2 nitrogen and oxygen atoms in total. The molecule has 0 aromatic rings. The van der Waals surface area contributed by atoms with Gasteiger partial charge in [0.1, 0.15) is 0 Å². The second-order valence-electron chi connectivity index (χ2n) is 2.09. The van der Waals surface area contributed by atoms with E-state index in [-0.39, 0.29) is 6.04 Å². The van der Waals surface area contributed by atoms with Crippen molar-refractivity contribution in [3.8, 4) is 0 Å². The zero-order valence-electron chi connectivity index (χ0n) is 5.17. The molecule has 1 heterocycles. The van der Waals surface area contributed by atoms with Crippen molar-refractivity contribution >= 4 is 17.4 Å². The lowest BCUT2D eigenvalue weighted by Gasteiger charge is -2.16. The fourth-order valence-corrected chi connectivity index (χ4v) is 1.05. The molecular weight excluding hydrogens is 134 g/mol. The van der Waals surface area contributed by atoms with Gasteiger partial charge in [-0.2, -0.15) is 0 Å². The predicted molar refractivity (Wildman–Crippen MR) is 38.9 cm³/mol. The average molecular weight is 143 g/mol. The number of thiocarbonyl (C=S) groups is 1. The number of aliphatic imine (C=N–C) groups is 1. The van der Waals surface area contributed by atoms with Crippen LogP contribution in [0.2, 0.25) is 0 Å². The molecule has 1 unspecified atom stereocenters. The molecule has 1 aliphatic rings. The van der Waals surface area contributed by atoms with Crippen LogP contribution in [0.4, 0.5) is 0 Å². The van der Waals surface area contributed by atoms with E-state index in [4.69, 9.17) is 4.74 Å². The Morgan fingerprint density at radius 1 is 1.67 bits per heavy atom. The molecule has 0 N–H and O–H groups in total. The summed E-state index contributed by atoms with van der Waals surface area (Å²) in [5.41, 5.74) is 0. The smallest absolute Gasteiger partial charge is 0.0836 e. The second kappa shape index (κ2) is 3.72. The van der Waals surface area contributed by atoms with Gasteiger partial charge < -0.3 is 4.74 Å². The van der Waals surface area contributed by atoms with Crippen molar-refractivity contribution in [1.29, 1.82) is 0 Å². The van der Waals surface area contributed by atoms with Crippen molar-refractivity contribution in [2.24, 2.45) is 4.99 Å². The number of nitrogens with zero attached hydrogens (tertiary/aromatic N) is 1. The highest BCUT2D eigenvalue weighted by Gasteiger charge is 2.10. The second-order valence-corrected chi connectivity index (χ2v) is 2.27. The van der Waals surface area contributed by atoms with Gasteiger partial charge in [0.15, 0.2) is 0 Å². The van der Waals surface area contributed by atoms with Crippen LogP contribution in [0.1, 0.15) is 12.8 Å². The van der Waals surface area contributed by atoms with Crippen molar-refractivity contribution < 1.29 is 4.74 Å². The lowest BCUT2D eigenvalue weighted by atomic mass is 10.1. The van der Waals surface area contributed by atoms with Gasteiger partial charge >= 0.3 is 0 Å². The van der Waals surface area contributed by atoms with Crippen LogP contribution in [0.5, 0.6) is 0 Å². The standard InChI is InChI=1S/C6H9NOS/c9-5-7-6-2-1-3-8-4-6/h6H,1-4H2. The molecule has 9 heavy (non-hydrogen) atoms. The molecule has 0 aromatic heterocycles. The Balaban J connectivity index is 2.31. The van der Waals surface area contributed by atoms with Crippen LogP contribution in [0, 0.1) is 0 Å². The molecular formula is C6H9NOS. The van der Waals surface area contributed by atoms with E-state index in [9.17, 15) is 0 Å². The summed E-state index contributed by atoms with van der Waals surface area (Å²) in [6.45, 7) is 1.60. The minimum absolute atomic E-state index is 0.288. The first kappa shape index (κ1) is 6.87. The first-order chi connectivity index (χ1) is 4.43. The Kier molecular flexibility index (Phi) is 2.84. The molecule has 0 amide bonds. The van der Waals surface area contributed by atoms with Crippen LogP contribution < -0.4 is 0 Å². The molecule has 0 aliphatic carbocycles. The van der Waals surface area contributed by atoms with E-state index >= 15 is 0 Å². The molecule has 1 aliphatic heterocycles. The number of rotatable bonds is 1. The zero-order valence-corrected chi connectivity index (χ0v) is 5.99. The van der Waals surface area contributed by atoms with Gasteiger partial charge in [-0.05, 0) is 25.1 Å².